The largest absolute Gasteiger partial charge is 0.507 e. The fourth-order valence-electron chi connectivity index (χ4n) is 1.84. The van der Waals surface area contributed by atoms with Crippen LogP contribution in [0.15, 0.2) is 35.2 Å². The Bertz CT molecular complexity index is 767. The van der Waals surface area contributed by atoms with Gasteiger partial charge in [0, 0.05) is 23.8 Å². The maximum Gasteiger partial charge on any atom is 0.296 e. The van der Waals surface area contributed by atoms with Crippen molar-refractivity contribution in [3.05, 3.63) is 30.3 Å². The maximum atomic E-state index is 11.3. The highest BCUT2D eigenvalue weighted by Crippen LogP contribution is 2.36. The third kappa shape index (κ3) is 2.51. The minimum Gasteiger partial charge on any atom is -0.507 e. The summed E-state index contributed by atoms with van der Waals surface area (Å²) >= 11 is 0. The van der Waals surface area contributed by atoms with Crippen molar-refractivity contribution < 1.29 is 22.9 Å². The Kier molecular flexibility index (Phi) is 3.17. The van der Waals surface area contributed by atoms with Crippen LogP contribution in [0.2, 0.25) is 0 Å². The zero-order valence-corrected chi connectivity index (χ0v) is 10.7. The van der Waals surface area contributed by atoms with Crippen LogP contribution in [0.5, 0.6) is 5.75 Å². The lowest BCUT2D eigenvalue weighted by Gasteiger charge is -2.12. The molecule has 0 spiro atoms. The van der Waals surface area contributed by atoms with Crippen LogP contribution in [0, 0.1) is 0 Å². The van der Waals surface area contributed by atoms with E-state index >= 15 is 0 Å². The Hall–Kier alpha value is -2.12. The number of aromatic hydroxyl groups is 1. The van der Waals surface area contributed by atoms with Gasteiger partial charge in [0.15, 0.2) is 0 Å². The van der Waals surface area contributed by atoms with Gasteiger partial charge in [-0.05, 0) is 0 Å². The smallest absolute Gasteiger partial charge is 0.296 e. The number of anilines is 1. The van der Waals surface area contributed by atoms with Gasteiger partial charge in [0.1, 0.15) is 10.6 Å². The lowest BCUT2D eigenvalue weighted by atomic mass is 10.1. The Morgan fingerprint density at radius 3 is 2.32 bits per heavy atom. The average molecular weight is 281 g/mol. The number of hydrogen-bond acceptors (Lipinski definition) is 4. The van der Waals surface area contributed by atoms with E-state index in [1.54, 1.807) is 18.2 Å². The third-order valence-electron chi connectivity index (χ3n) is 2.57. The summed E-state index contributed by atoms with van der Waals surface area (Å²) < 4.78 is 31.8. The number of carbonyl (C=O) groups is 1. The van der Waals surface area contributed by atoms with Crippen LogP contribution in [-0.4, -0.2) is 24.0 Å². The zero-order chi connectivity index (χ0) is 14.2. The molecule has 6 nitrogen and oxygen atoms in total. The van der Waals surface area contributed by atoms with Crippen LogP contribution in [0.1, 0.15) is 6.92 Å². The van der Waals surface area contributed by atoms with Crippen molar-refractivity contribution in [1.82, 2.24) is 0 Å². The Morgan fingerprint density at radius 1 is 1.21 bits per heavy atom. The average Bonchev–Trinajstić information content (AvgIpc) is 2.31. The van der Waals surface area contributed by atoms with Crippen LogP contribution >= 0.6 is 0 Å². The number of phenols is 1. The number of benzene rings is 2. The molecular weight excluding hydrogens is 270 g/mol. The molecule has 0 heterocycles. The first-order valence-electron chi connectivity index (χ1n) is 5.30. The van der Waals surface area contributed by atoms with E-state index in [-0.39, 0.29) is 11.4 Å². The molecule has 0 bridgehead atoms. The molecule has 1 amide bonds. The molecule has 3 N–H and O–H groups in total. The summed E-state index contributed by atoms with van der Waals surface area (Å²) in [6.07, 6.45) is 0. The molecule has 0 saturated carbocycles. The zero-order valence-electron chi connectivity index (χ0n) is 9.91. The van der Waals surface area contributed by atoms with Crippen molar-refractivity contribution in [3.63, 3.8) is 0 Å². The van der Waals surface area contributed by atoms with Gasteiger partial charge in [0.25, 0.3) is 10.1 Å². The molecule has 19 heavy (non-hydrogen) atoms. The summed E-state index contributed by atoms with van der Waals surface area (Å²) in [5, 5.41) is 12.8. The molecule has 0 aliphatic carbocycles. The SMILES string of the molecule is CC(=O)Nc1c(S(=O)(=O)O)cc(O)c2ccccc12. The monoisotopic (exact) mass is 281 g/mol. The van der Waals surface area contributed by atoms with Crippen LogP contribution in [-0.2, 0) is 14.9 Å². The van der Waals surface area contributed by atoms with Crippen molar-refractivity contribution in [2.24, 2.45) is 0 Å². The topological polar surface area (TPSA) is 104 Å². The fraction of sp³-hybridized carbons (Fsp3) is 0.0833. The highest BCUT2D eigenvalue weighted by atomic mass is 32.2. The number of phenolic OH excluding ortho intramolecular Hbond substituents is 1. The van der Waals surface area contributed by atoms with Gasteiger partial charge in [-0.15, -0.1) is 0 Å². The number of fused-ring (bicyclic) bond motifs is 1. The van der Waals surface area contributed by atoms with E-state index in [1.165, 1.54) is 13.0 Å². The Balaban J connectivity index is 2.92. The van der Waals surface area contributed by atoms with Gasteiger partial charge in [-0.25, -0.2) is 0 Å². The predicted molar refractivity (Wildman–Crippen MR) is 69.7 cm³/mol. The van der Waals surface area contributed by atoms with Crippen LogP contribution in [0.3, 0.4) is 0 Å². The molecule has 0 radical (unpaired) electrons. The van der Waals surface area contributed by atoms with Gasteiger partial charge in [0.2, 0.25) is 5.91 Å². The first kappa shape index (κ1) is 13.3. The van der Waals surface area contributed by atoms with Crippen molar-refractivity contribution >= 4 is 32.5 Å². The van der Waals surface area contributed by atoms with Crippen LogP contribution in [0.25, 0.3) is 10.8 Å². The molecule has 0 aliphatic heterocycles. The van der Waals surface area contributed by atoms with E-state index in [4.69, 9.17) is 0 Å². The van der Waals surface area contributed by atoms with Gasteiger partial charge >= 0.3 is 0 Å². The highest BCUT2D eigenvalue weighted by Gasteiger charge is 2.21. The molecule has 0 atom stereocenters. The molecule has 0 saturated heterocycles. The second kappa shape index (κ2) is 4.52. The van der Waals surface area contributed by atoms with E-state index in [0.29, 0.717) is 10.8 Å². The summed E-state index contributed by atoms with van der Waals surface area (Å²) in [7, 11) is -4.57. The number of amides is 1. The highest BCUT2D eigenvalue weighted by molar-refractivity contribution is 7.86. The lowest BCUT2D eigenvalue weighted by Crippen LogP contribution is -2.11. The molecule has 2 aromatic carbocycles. The number of nitrogens with one attached hydrogen (secondary N) is 1. The van der Waals surface area contributed by atoms with E-state index in [9.17, 15) is 22.9 Å². The molecule has 0 fully saturated rings. The molecule has 7 heteroatoms. The summed E-state index contributed by atoms with van der Waals surface area (Å²) in [4.78, 5) is 10.6. The van der Waals surface area contributed by atoms with E-state index < -0.39 is 20.9 Å². The van der Waals surface area contributed by atoms with Gasteiger partial charge in [-0.3, -0.25) is 9.35 Å². The van der Waals surface area contributed by atoms with Gasteiger partial charge in [-0.2, -0.15) is 8.42 Å². The molecule has 2 aromatic rings. The summed E-state index contributed by atoms with van der Waals surface area (Å²) in [6.45, 7) is 1.22. The molecule has 100 valence electrons. The standard InChI is InChI=1S/C12H11NO5S/c1-7(14)13-12-9-5-3-2-4-8(9)10(15)6-11(12)19(16,17)18/h2-6,15H,1H3,(H,13,14)(H,16,17,18). The van der Waals surface area contributed by atoms with Crippen LogP contribution in [0.4, 0.5) is 5.69 Å². The van der Waals surface area contributed by atoms with E-state index in [1.807, 2.05) is 0 Å². The van der Waals surface area contributed by atoms with Crippen LogP contribution < -0.4 is 5.32 Å². The molecule has 2 rings (SSSR count). The summed E-state index contributed by atoms with van der Waals surface area (Å²) in [6, 6.07) is 7.30. The minimum absolute atomic E-state index is 0.0524. The number of carbonyl (C=O) groups excluding carboxylic acids is 1. The van der Waals surface area contributed by atoms with E-state index in [0.717, 1.165) is 6.07 Å². The summed E-state index contributed by atoms with van der Waals surface area (Å²) in [5.74, 6) is -0.780. The van der Waals surface area contributed by atoms with Crippen molar-refractivity contribution in [1.29, 1.82) is 0 Å². The molecular formula is C12H11NO5S. The second-order valence-electron chi connectivity index (χ2n) is 3.97. The maximum absolute atomic E-state index is 11.3. The molecule has 0 unspecified atom stereocenters. The quantitative estimate of drug-likeness (QED) is 0.574. The Labute approximate surface area is 109 Å². The second-order valence-corrected chi connectivity index (χ2v) is 5.36. The fourth-order valence-corrected chi connectivity index (χ4v) is 2.52. The minimum atomic E-state index is -4.57. The van der Waals surface area contributed by atoms with Crippen molar-refractivity contribution in [2.75, 3.05) is 5.32 Å². The van der Waals surface area contributed by atoms with E-state index in [2.05, 4.69) is 5.32 Å². The van der Waals surface area contributed by atoms with Crippen molar-refractivity contribution in [2.45, 2.75) is 11.8 Å². The van der Waals surface area contributed by atoms with Crippen molar-refractivity contribution in [3.8, 4) is 5.75 Å². The van der Waals surface area contributed by atoms with Gasteiger partial charge < -0.3 is 10.4 Å². The predicted octanol–water partition coefficient (Wildman–Crippen LogP) is 1.75. The number of rotatable bonds is 2. The first-order chi connectivity index (χ1) is 8.80. The Morgan fingerprint density at radius 2 is 1.79 bits per heavy atom. The normalized spacial score (nSPS) is 11.5. The molecule has 0 aliphatic rings. The van der Waals surface area contributed by atoms with Gasteiger partial charge in [-0.1, -0.05) is 24.3 Å². The number of hydrogen-bond donors (Lipinski definition) is 3. The summed E-state index contributed by atoms with van der Waals surface area (Å²) in [5.41, 5.74) is -0.0524. The first-order valence-corrected chi connectivity index (χ1v) is 6.74. The lowest BCUT2D eigenvalue weighted by molar-refractivity contribution is -0.114. The molecule has 0 aromatic heterocycles. The third-order valence-corrected chi connectivity index (χ3v) is 3.44. The van der Waals surface area contributed by atoms with Gasteiger partial charge in [0.05, 0.1) is 5.69 Å².